The Labute approximate surface area is 232 Å². The molecule has 0 saturated carbocycles. The molecule has 0 radical (unpaired) electrons. The number of fused-ring (bicyclic) bond motifs is 1. The number of nitrogens with one attached hydrogen (secondary N) is 4. The quantitative estimate of drug-likeness (QED) is 0.101. The second-order valence-corrected chi connectivity index (χ2v) is 9.23. The number of carbonyl (C=O) groups is 7. The van der Waals surface area contributed by atoms with Crippen LogP contribution in [0.5, 0.6) is 0 Å². The number of primary amides is 1. The molecule has 4 amide bonds. The molecule has 2 aromatic rings. The van der Waals surface area contributed by atoms with Crippen molar-refractivity contribution in [3.05, 3.63) is 36.0 Å². The van der Waals surface area contributed by atoms with Crippen LogP contribution in [0.15, 0.2) is 30.5 Å². The van der Waals surface area contributed by atoms with E-state index in [2.05, 4.69) is 15.6 Å². The molecule has 1 heterocycles. The van der Waals surface area contributed by atoms with Gasteiger partial charge in [-0.1, -0.05) is 18.2 Å². The van der Waals surface area contributed by atoms with Crippen LogP contribution in [0.2, 0.25) is 0 Å². The number of rotatable bonds is 17. The van der Waals surface area contributed by atoms with Crippen LogP contribution in [-0.4, -0.2) is 86.0 Å². The molecule has 0 aliphatic carbocycles. The van der Waals surface area contributed by atoms with Gasteiger partial charge in [0.2, 0.25) is 23.6 Å². The van der Waals surface area contributed by atoms with Crippen LogP contribution in [-0.2, 0) is 40.0 Å². The normalized spacial score (nSPS) is 13.8. The average molecular weight is 577 g/mol. The van der Waals surface area contributed by atoms with E-state index in [0.29, 0.717) is 0 Å². The number of aliphatic carboxylic acids is 3. The van der Waals surface area contributed by atoms with Crippen molar-refractivity contribution in [3.8, 4) is 0 Å². The van der Waals surface area contributed by atoms with Crippen molar-refractivity contribution in [3.63, 3.8) is 0 Å². The molecule has 0 fully saturated rings. The molecule has 16 heteroatoms. The maximum Gasteiger partial charge on any atom is 0.326 e. The first-order valence-electron chi connectivity index (χ1n) is 12.4. The molecule has 0 unspecified atom stereocenters. The third-order valence-corrected chi connectivity index (χ3v) is 6.04. The smallest absolute Gasteiger partial charge is 0.326 e. The van der Waals surface area contributed by atoms with E-state index < -0.39 is 97.8 Å². The summed E-state index contributed by atoms with van der Waals surface area (Å²) in [7, 11) is 0. The van der Waals surface area contributed by atoms with Crippen LogP contribution in [0.25, 0.3) is 10.9 Å². The number of benzene rings is 1. The van der Waals surface area contributed by atoms with Crippen molar-refractivity contribution in [2.45, 2.75) is 62.7 Å². The van der Waals surface area contributed by atoms with Crippen molar-refractivity contribution in [1.29, 1.82) is 0 Å². The first-order chi connectivity index (χ1) is 19.3. The Balaban J connectivity index is 2.16. The molecule has 4 atom stereocenters. The summed E-state index contributed by atoms with van der Waals surface area (Å²) in [6.07, 6.45) is -1.01. The van der Waals surface area contributed by atoms with Gasteiger partial charge in [0.25, 0.3) is 0 Å². The van der Waals surface area contributed by atoms with Crippen molar-refractivity contribution >= 4 is 52.4 Å². The van der Waals surface area contributed by atoms with Gasteiger partial charge in [-0.2, -0.15) is 0 Å². The number of carbonyl (C=O) groups excluding carboxylic acids is 4. The van der Waals surface area contributed by atoms with Crippen LogP contribution in [0.1, 0.15) is 37.7 Å². The minimum atomic E-state index is -1.81. The molecule has 0 aliphatic heterocycles. The third kappa shape index (κ3) is 10.2. The lowest BCUT2D eigenvalue weighted by atomic mass is 10.0. The topological polar surface area (TPSA) is 284 Å². The van der Waals surface area contributed by atoms with Gasteiger partial charge in [0.15, 0.2) is 0 Å². The Bertz CT molecular complexity index is 1310. The molecule has 0 aliphatic rings. The van der Waals surface area contributed by atoms with Gasteiger partial charge in [-0.3, -0.25) is 28.8 Å². The molecule has 41 heavy (non-hydrogen) atoms. The minimum absolute atomic E-state index is 0.0645. The highest BCUT2D eigenvalue weighted by atomic mass is 16.4. The molecule has 2 rings (SSSR count). The summed E-state index contributed by atoms with van der Waals surface area (Å²) in [5.74, 6) is -8.28. The number of H-pyrrole nitrogens is 1. The van der Waals surface area contributed by atoms with Crippen molar-refractivity contribution in [1.82, 2.24) is 20.9 Å². The summed E-state index contributed by atoms with van der Waals surface area (Å²) in [5.41, 5.74) is 12.6. The lowest BCUT2D eigenvalue weighted by Gasteiger charge is -2.24. The van der Waals surface area contributed by atoms with Crippen molar-refractivity contribution in [2.75, 3.05) is 0 Å². The van der Waals surface area contributed by atoms with Gasteiger partial charge >= 0.3 is 17.9 Å². The van der Waals surface area contributed by atoms with Crippen LogP contribution in [0.4, 0.5) is 0 Å². The third-order valence-electron chi connectivity index (χ3n) is 6.04. The molecule has 222 valence electrons. The van der Waals surface area contributed by atoms with E-state index in [0.717, 1.165) is 16.5 Å². The number of aromatic amines is 1. The number of carboxylic acid groups (broad SMARTS) is 3. The Kier molecular flexibility index (Phi) is 11.8. The van der Waals surface area contributed by atoms with E-state index in [-0.39, 0.29) is 6.42 Å². The van der Waals surface area contributed by atoms with Crippen LogP contribution in [0, 0.1) is 0 Å². The fraction of sp³-hybridized carbons (Fsp3) is 0.400. The number of aromatic nitrogens is 1. The second kappa shape index (κ2) is 15.0. The summed E-state index contributed by atoms with van der Waals surface area (Å²) in [4.78, 5) is 86.6. The van der Waals surface area contributed by atoms with E-state index in [9.17, 15) is 43.8 Å². The highest BCUT2D eigenvalue weighted by Crippen LogP contribution is 2.19. The highest BCUT2D eigenvalue weighted by Gasteiger charge is 2.32. The lowest BCUT2D eigenvalue weighted by molar-refractivity contribution is -0.143. The molecule has 0 saturated heterocycles. The fourth-order valence-electron chi connectivity index (χ4n) is 3.92. The van der Waals surface area contributed by atoms with Gasteiger partial charge in [0.1, 0.15) is 18.1 Å². The summed E-state index contributed by atoms with van der Waals surface area (Å²) in [6, 6.07) is 1.17. The Morgan fingerprint density at radius 3 is 1.98 bits per heavy atom. The first kappa shape index (κ1) is 32.2. The molecular weight excluding hydrogens is 544 g/mol. The second-order valence-electron chi connectivity index (χ2n) is 9.23. The number of nitrogens with two attached hydrogens (primary N) is 2. The largest absolute Gasteiger partial charge is 0.481 e. The van der Waals surface area contributed by atoms with Gasteiger partial charge in [-0.25, -0.2) is 4.79 Å². The summed E-state index contributed by atoms with van der Waals surface area (Å²) >= 11 is 0. The molecule has 0 bridgehead atoms. The van der Waals surface area contributed by atoms with Gasteiger partial charge in [0, 0.05) is 29.9 Å². The Morgan fingerprint density at radius 1 is 0.780 bits per heavy atom. The number of hydrogen-bond acceptors (Lipinski definition) is 8. The molecule has 16 nitrogen and oxygen atoms in total. The number of hydrogen-bond donors (Lipinski definition) is 9. The maximum absolute atomic E-state index is 13.0. The van der Waals surface area contributed by atoms with Gasteiger partial charge in [-0.05, 0) is 30.9 Å². The predicted molar refractivity (Wildman–Crippen MR) is 141 cm³/mol. The van der Waals surface area contributed by atoms with Crippen LogP contribution in [0.3, 0.4) is 0 Å². The van der Waals surface area contributed by atoms with Gasteiger partial charge < -0.3 is 47.7 Å². The molecule has 11 N–H and O–H groups in total. The standard InChI is InChI=1S/C25H32N6O10/c26-14(9-12-11-28-15-4-2-1-3-13(12)15)22(37)29-16(6-8-20(33)34)23(38)31-18(10-21(35)36)24(39)30-17(25(40)41)5-7-19(27)32/h1-4,11,14,16-18,28H,5-10,26H2,(H2,27,32)(H,29,37)(H,30,39)(H,31,38)(H,33,34)(H,35,36)(H,40,41)/t14-,16-,17-,18-/m0/s1. The van der Waals surface area contributed by atoms with Crippen LogP contribution < -0.4 is 27.4 Å². The summed E-state index contributed by atoms with van der Waals surface area (Å²) < 4.78 is 0. The van der Waals surface area contributed by atoms with Crippen molar-refractivity contribution < 1.29 is 48.9 Å². The number of para-hydroxylation sites is 1. The number of amides is 4. The predicted octanol–water partition coefficient (Wildman–Crippen LogP) is -1.82. The Morgan fingerprint density at radius 2 is 1.37 bits per heavy atom. The van der Waals surface area contributed by atoms with Crippen molar-refractivity contribution in [2.24, 2.45) is 11.5 Å². The van der Waals surface area contributed by atoms with E-state index in [1.54, 1.807) is 12.3 Å². The number of carboxylic acids is 3. The van der Waals surface area contributed by atoms with E-state index in [1.807, 2.05) is 23.5 Å². The lowest BCUT2D eigenvalue weighted by Crippen LogP contribution is -2.57. The van der Waals surface area contributed by atoms with Gasteiger partial charge in [-0.15, -0.1) is 0 Å². The van der Waals surface area contributed by atoms with E-state index in [4.69, 9.17) is 16.6 Å². The average Bonchev–Trinajstić information content (AvgIpc) is 3.30. The zero-order valence-electron chi connectivity index (χ0n) is 21.8. The zero-order chi connectivity index (χ0) is 30.7. The summed E-state index contributed by atoms with van der Waals surface area (Å²) in [5, 5.41) is 35.0. The van der Waals surface area contributed by atoms with E-state index >= 15 is 0 Å². The molecule has 0 spiro atoms. The molecular formula is C25H32N6O10. The van der Waals surface area contributed by atoms with Crippen LogP contribution >= 0.6 is 0 Å². The maximum atomic E-state index is 13.0. The first-order valence-corrected chi connectivity index (χ1v) is 12.4. The summed E-state index contributed by atoms with van der Waals surface area (Å²) in [6.45, 7) is 0. The van der Waals surface area contributed by atoms with Gasteiger partial charge in [0.05, 0.1) is 12.5 Å². The SMILES string of the molecule is NC(=O)CC[C@H](NC(=O)[C@H](CC(=O)O)NC(=O)[C@H](CCC(=O)O)NC(=O)[C@@H](N)Cc1c[nH]c2ccccc12)C(=O)O. The molecule has 1 aromatic heterocycles. The minimum Gasteiger partial charge on any atom is -0.481 e. The highest BCUT2D eigenvalue weighted by molar-refractivity contribution is 5.96. The Hall–Kier alpha value is -4.99. The zero-order valence-corrected chi connectivity index (χ0v) is 21.8. The monoisotopic (exact) mass is 576 g/mol. The molecule has 1 aromatic carbocycles. The van der Waals surface area contributed by atoms with E-state index in [1.165, 1.54) is 0 Å². The fourth-order valence-corrected chi connectivity index (χ4v) is 3.92.